The van der Waals surface area contributed by atoms with Gasteiger partial charge in [0.15, 0.2) is 0 Å². The molecule has 15 heavy (non-hydrogen) atoms. The van der Waals surface area contributed by atoms with E-state index < -0.39 is 4.92 Å². The lowest BCUT2D eigenvalue weighted by atomic mass is 10.4. The van der Waals surface area contributed by atoms with E-state index in [1.54, 1.807) is 14.2 Å². The quantitative estimate of drug-likeness (QED) is 0.411. The molecule has 1 N–H and O–H groups in total. The van der Waals surface area contributed by atoms with Crippen LogP contribution in [0.4, 0.5) is 5.82 Å². The second-order valence-electron chi connectivity index (χ2n) is 3.04. The maximum Gasteiger partial charge on any atom is 0.390 e. The summed E-state index contributed by atoms with van der Waals surface area (Å²) in [5, 5.41) is 17.3. The smallest absolute Gasteiger partial charge is 0.383 e. The summed E-state index contributed by atoms with van der Waals surface area (Å²) in [7, 11) is 3.30. The molecule has 0 fully saturated rings. The molecule has 0 aliphatic carbocycles. The summed E-state index contributed by atoms with van der Waals surface area (Å²) in [6.45, 7) is 1.86. The highest BCUT2D eigenvalue weighted by Gasteiger charge is 2.14. The first kappa shape index (κ1) is 11.6. The van der Waals surface area contributed by atoms with E-state index in [0.29, 0.717) is 19.7 Å². The van der Waals surface area contributed by atoms with Crippen molar-refractivity contribution in [1.29, 1.82) is 0 Å². The third-order valence-corrected chi connectivity index (χ3v) is 1.94. The zero-order valence-electron chi connectivity index (χ0n) is 8.77. The molecule has 0 aromatic carbocycles. The molecule has 7 heteroatoms. The summed E-state index contributed by atoms with van der Waals surface area (Å²) in [5.74, 6) is -0.124. The molecule has 7 nitrogen and oxygen atoms in total. The number of aryl methyl sites for hydroxylation is 1. The first-order chi connectivity index (χ1) is 7.15. The lowest BCUT2D eigenvalue weighted by Gasteiger charge is -2.01. The van der Waals surface area contributed by atoms with Gasteiger partial charge < -0.3 is 20.2 Å². The van der Waals surface area contributed by atoms with Crippen LogP contribution in [0.15, 0.2) is 6.07 Å². The summed E-state index contributed by atoms with van der Waals surface area (Å²) in [4.78, 5) is 9.93. The Morgan fingerprint density at radius 3 is 3.00 bits per heavy atom. The van der Waals surface area contributed by atoms with Crippen molar-refractivity contribution >= 4 is 5.82 Å². The number of rotatable bonds is 6. The Balaban J connectivity index is 2.50. The van der Waals surface area contributed by atoms with Crippen LogP contribution in [-0.4, -0.2) is 35.0 Å². The van der Waals surface area contributed by atoms with Gasteiger partial charge in [-0.1, -0.05) is 0 Å². The molecule has 0 saturated heterocycles. The molecule has 1 heterocycles. The number of hydrogen-bond donors (Lipinski definition) is 1. The molecular weight excluding hydrogens is 200 g/mol. The molecule has 1 aromatic heterocycles. The second-order valence-corrected chi connectivity index (χ2v) is 3.04. The van der Waals surface area contributed by atoms with Crippen molar-refractivity contribution in [1.82, 2.24) is 15.1 Å². The Morgan fingerprint density at radius 1 is 1.73 bits per heavy atom. The molecule has 1 rings (SSSR count). The highest BCUT2D eigenvalue weighted by atomic mass is 16.6. The van der Waals surface area contributed by atoms with E-state index in [2.05, 4.69) is 10.4 Å². The number of nitrogens with one attached hydrogen (secondary N) is 1. The molecular formula is C8H14N4O3. The Kier molecular flexibility index (Phi) is 4.19. The normalized spacial score (nSPS) is 10.5. The first-order valence-corrected chi connectivity index (χ1v) is 4.52. The van der Waals surface area contributed by atoms with Crippen molar-refractivity contribution < 1.29 is 9.66 Å². The third kappa shape index (κ3) is 3.30. The summed E-state index contributed by atoms with van der Waals surface area (Å²) < 4.78 is 6.36. The number of hydrogen-bond acceptors (Lipinski definition) is 5. The highest BCUT2D eigenvalue weighted by Crippen LogP contribution is 2.09. The SMILES string of the molecule is COCCNCc1cc([N+](=O)[O-])nn1C. The average molecular weight is 214 g/mol. The van der Waals surface area contributed by atoms with Crippen LogP contribution >= 0.6 is 0 Å². The van der Waals surface area contributed by atoms with E-state index in [9.17, 15) is 10.1 Å². The molecule has 0 unspecified atom stereocenters. The number of methoxy groups -OCH3 is 1. The van der Waals surface area contributed by atoms with Gasteiger partial charge in [0.1, 0.15) is 0 Å². The van der Waals surface area contributed by atoms with Crippen LogP contribution < -0.4 is 5.32 Å². The molecule has 0 spiro atoms. The van der Waals surface area contributed by atoms with Crippen LogP contribution in [0, 0.1) is 10.1 Å². The fraction of sp³-hybridized carbons (Fsp3) is 0.625. The lowest BCUT2D eigenvalue weighted by molar-refractivity contribution is -0.389. The summed E-state index contributed by atoms with van der Waals surface area (Å²) in [6, 6.07) is 1.46. The van der Waals surface area contributed by atoms with E-state index in [-0.39, 0.29) is 5.82 Å². The van der Waals surface area contributed by atoms with Crippen molar-refractivity contribution in [2.75, 3.05) is 20.3 Å². The zero-order valence-corrected chi connectivity index (χ0v) is 8.77. The van der Waals surface area contributed by atoms with Crippen molar-refractivity contribution in [2.24, 2.45) is 7.05 Å². The Labute approximate surface area is 87.2 Å². The van der Waals surface area contributed by atoms with Gasteiger partial charge >= 0.3 is 5.82 Å². The minimum Gasteiger partial charge on any atom is -0.383 e. The molecule has 0 bridgehead atoms. The summed E-state index contributed by atoms with van der Waals surface area (Å²) >= 11 is 0. The predicted molar refractivity (Wildman–Crippen MR) is 53.4 cm³/mol. The molecule has 0 atom stereocenters. The summed E-state index contributed by atoms with van der Waals surface area (Å²) in [5.41, 5.74) is 0.776. The van der Waals surface area contributed by atoms with Crippen LogP contribution in [0.2, 0.25) is 0 Å². The molecule has 84 valence electrons. The monoisotopic (exact) mass is 214 g/mol. The predicted octanol–water partition coefficient (Wildman–Crippen LogP) is 0.0643. The molecule has 0 saturated carbocycles. The second kappa shape index (κ2) is 5.42. The van der Waals surface area contributed by atoms with Crippen molar-refractivity contribution in [2.45, 2.75) is 6.54 Å². The first-order valence-electron chi connectivity index (χ1n) is 4.52. The zero-order chi connectivity index (χ0) is 11.3. The molecule has 0 aliphatic rings. The number of nitrogens with zero attached hydrogens (tertiary/aromatic N) is 3. The molecule has 0 radical (unpaired) electrons. The molecule has 0 amide bonds. The van der Waals surface area contributed by atoms with Crippen LogP contribution in [0.3, 0.4) is 0 Å². The van der Waals surface area contributed by atoms with Crippen LogP contribution in [0.5, 0.6) is 0 Å². The van der Waals surface area contributed by atoms with Gasteiger partial charge in [0, 0.05) is 20.2 Å². The van der Waals surface area contributed by atoms with E-state index in [1.165, 1.54) is 10.7 Å². The average Bonchev–Trinajstić information content (AvgIpc) is 2.55. The fourth-order valence-corrected chi connectivity index (χ4v) is 1.13. The molecule has 1 aromatic rings. The van der Waals surface area contributed by atoms with Crippen LogP contribution in [0.1, 0.15) is 5.69 Å². The third-order valence-electron chi connectivity index (χ3n) is 1.94. The standard InChI is InChI=1S/C8H14N4O3/c1-11-7(6-9-3-4-15-2)5-8(10-11)12(13)14/h5,9H,3-4,6H2,1-2H3. The van der Waals surface area contributed by atoms with Crippen LogP contribution in [0.25, 0.3) is 0 Å². The number of nitro groups is 1. The maximum atomic E-state index is 10.4. The van der Waals surface area contributed by atoms with Crippen LogP contribution in [-0.2, 0) is 18.3 Å². The van der Waals surface area contributed by atoms with Gasteiger partial charge in [0.2, 0.25) is 0 Å². The Morgan fingerprint density at radius 2 is 2.47 bits per heavy atom. The van der Waals surface area contributed by atoms with Gasteiger partial charge in [-0.3, -0.25) is 0 Å². The Bertz CT molecular complexity index is 337. The van der Waals surface area contributed by atoms with Crippen molar-refractivity contribution in [3.05, 3.63) is 21.9 Å². The van der Waals surface area contributed by atoms with Gasteiger partial charge in [-0.15, -0.1) is 0 Å². The minimum absolute atomic E-state index is 0.124. The number of ether oxygens (including phenoxy) is 1. The van der Waals surface area contributed by atoms with Gasteiger partial charge in [-0.05, 0) is 4.92 Å². The van der Waals surface area contributed by atoms with Gasteiger partial charge in [0.05, 0.1) is 30.5 Å². The van der Waals surface area contributed by atoms with Crippen molar-refractivity contribution in [3.8, 4) is 0 Å². The van der Waals surface area contributed by atoms with Gasteiger partial charge in [0.25, 0.3) is 0 Å². The maximum absolute atomic E-state index is 10.4. The van der Waals surface area contributed by atoms with E-state index in [4.69, 9.17) is 4.74 Å². The van der Waals surface area contributed by atoms with E-state index in [1.807, 2.05) is 0 Å². The minimum atomic E-state index is -0.501. The van der Waals surface area contributed by atoms with E-state index >= 15 is 0 Å². The fourth-order valence-electron chi connectivity index (χ4n) is 1.13. The highest BCUT2D eigenvalue weighted by molar-refractivity contribution is 5.21. The van der Waals surface area contributed by atoms with E-state index in [0.717, 1.165) is 5.69 Å². The number of aromatic nitrogens is 2. The molecule has 0 aliphatic heterocycles. The topological polar surface area (TPSA) is 82.2 Å². The summed E-state index contributed by atoms with van der Waals surface area (Å²) in [6.07, 6.45) is 0. The van der Waals surface area contributed by atoms with Gasteiger partial charge in [-0.2, -0.15) is 4.68 Å². The van der Waals surface area contributed by atoms with Gasteiger partial charge in [-0.25, -0.2) is 0 Å². The Hall–Kier alpha value is -1.47. The lowest BCUT2D eigenvalue weighted by Crippen LogP contribution is -2.20. The van der Waals surface area contributed by atoms with Crippen molar-refractivity contribution in [3.63, 3.8) is 0 Å². The largest absolute Gasteiger partial charge is 0.390 e.